The number of benzene rings is 1. The van der Waals surface area contributed by atoms with Crippen LogP contribution < -0.4 is 10.2 Å². The summed E-state index contributed by atoms with van der Waals surface area (Å²) in [5.74, 6) is -1.26. The predicted octanol–water partition coefficient (Wildman–Crippen LogP) is 2.64. The third-order valence-electron chi connectivity index (χ3n) is 3.07. The van der Waals surface area contributed by atoms with Gasteiger partial charge in [0.05, 0.1) is 6.42 Å². The number of amides is 2. The van der Waals surface area contributed by atoms with Gasteiger partial charge in [0.2, 0.25) is 11.8 Å². The maximum Gasteiger partial charge on any atom is 0.305 e. The van der Waals surface area contributed by atoms with Crippen molar-refractivity contribution in [2.45, 2.75) is 39.5 Å². The quantitative estimate of drug-likeness (QED) is 0.773. The molecule has 0 bridgehead atoms. The predicted molar refractivity (Wildman–Crippen MR) is 84.9 cm³/mol. The lowest BCUT2D eigenvalue weighted by Crippen LogP contribution is -2.32. The summed E-state index contributed by atoms with van der Waals surface area (Å²) in [5.41, 5.74) is 1.17. The summed E-state index contributed by atoms with van der Waals surface area (Å²) < 4.78 is 0. The van der Waals surface area contributed by atoms with Crippen LogP contribution in [0.4, 0.5) is 11.4 Å². The standard InChI is InChI=1S/C16H22N2O4/c1-3-4-8-15(20)18(10-9-16(21)22)14-7-5-6-13(11-14)17-12(2)19/h5-7,11H,3-4,8-10H2,1-2H3,(H,17,19)(H,21,22). The second-order valence-electron chi connectivity index (χ2n) is 5.02. The van der Waals surface area contributed by atoms with Crippen molar-refractivity contribution < 1.29 is 19.5 Å². The second kappa shape index (κ2) is 8.81. The number of anilines is 2. The molecule has 0 spiro atoms. The van der Waals surface area contributed by atoms with E-state index in [9.17, 15) is 14.4 Å². The molecule has 0 aliphatic rings. The molecule has 0 saturated heterocycles. The van der Waals surface area contributed by atoms with E-state index in [4.69, 9.17) is 5.11 Å². The molecule has 0 fully saturated rings. The van der Waals surface area contributed by atoms with Gasteiger partial charge in [-0.25, -0.2) is 0 Å². The molecule has 0 aliphatic heterocycles. The largest absolute Gasteiger partial charge is 0.481 e. The monoisotopic (exact) mass is 306 g/mol. The van der Waals surface area contributed by atoms with Gasteiger partial charge < -0.3 is 15.3 Å². The molecule has 1 aromatic carbocycles. The molecule has 2 N–H and O–H groups in total. The van der Waals surface area contributed by atoms with E-state index < -0.39 is 5.97 Å². The third-order valence-corrected chi connectivity index (χ3v) is 3.07. The summed E-state index contributed by atoms with van der Waals surface area (Å²) in [6.07, 6.45) is 1.90. The maximum absolute atomic E-state index is 12.3. The van der Waals surface area contributed by atoms with E-state index in [1.54, 1.807) is 24.3 Å². The zero-order valence-electron chi connectivity index (χ0n) is 13.0. The van der Waals surface area contributed by atoms with Gasteiger partial charge in [0.25, 0.3) is 0 Å². The van der Waals surface area contributed by atoms with Crippen molar-refractivity contribution in [1.29, 1.82) is 0 Å². The summed E-state index contributed by atoms with van der Waals surface area (Å²) in [4.78, 5) is 35.7. The van der Waals surface area contributed by atoms with Gasteiger partial charge in [0.15, 0.2) is 0 Å². The van der Waals surface area contributed by atoms with Crippen molar-refractivity contribution in [3.8, 4) is 0 Å². The van der Waals surface area contributed by atoms with Crippen LogP contribution in [-0.4, -0.2) is 29.4 Å². The molecule has 2 amide bonds. The first-order valence-electron chi connectivity index (χ1n) is 7.34. The first-order valence-corrected chi connectivity index (χ1v) is 7.34. The molecule has 0 aromatic heterocycles. The van der Waals surface area contributed by atoms with E-state index >= 15 is 0 Å². The number of unbranched alkanes of at least 4 members (excludes halogenated alkanes) is 1. The van der Waals surface area contributed by atoms with Crippen molar-refractivity contribution in [2.24, 2.45) is 0 Å². The molecule has 0 atom stereocenters. The molecular formula is C16H22N2O4. The van der Waals surface area contributed by atoms with Crippen LogP contribution in [0.2, 0.25) is 0 Å². The van der Waals surface area contributed by atoms with Crippen molar-refractivity contribution >= 4 is 29.2 Å². The summed E-state index contributed by atoms with van der Waals surface area (Å²) in [7, 11) is 0. The lowest BCUT2D eigenvalue weighted by molar-refractivity contribution is -0.136. The minimum atomic E-state index is -0.952. The number of rotatable bonds is 8. The van der Waals surface area contributed by atoms with E-state index in [-0.39, 0.29) is 24.8 Å². The number of carbonyl (C=O) groups excluding carboxylic acids is 2. The van der Waals surface area contributed by atoms with Gasteiger partial charge in [-0.2, -0.15) is 0 Å². The molecule has 1 aromatic rings. The molecular weight excluding hydrogens is 284 g/mol. The van der Waals surface area contributed by atoms with Crippen LogP contribution >= 0.6 is 0 Å². The Morgan fingerprint density at radius 2 is 1.95 bits per heavy atom. The highest BCUT2D eigenvalue weighted by atomic mass is 16.4. The highest BCUT2D eigenvalue weighted by molar-refractivity contribution is 5.95. The Morgan fingerprint density at radius 3 is 2.55 bits per heavy atom. The minimum Gasteiger partial charge on any atom is -0.481 e. The Kier molecular flexibility index (Phi) is 7.08. The Bertz CT molecular complexity index is 543. The highest BCUT2D eigenvalue weighted by Gasteiger charge is 2.17. The number of hydrogen-bond donors (Lipinski definition) is 2. The van der Waals surface area contributed by atoms with E-state index in [2.05, 4.69) is 5.32 Å². The lowest BCUT2D eigenvalue weighted by Gasteiger charge is -2.23. The highest BCUT2D eigenvalue weighted by Crippen LogP contribution is 2.21. The molecule has 0 unspecified atom stereocenters. The zero-order chi connectivity index (χ0) is 16.5. The summed E-state index contributed by atoms with van der Waals surface area (Å²) in [6, 6.07) is 6.85. The fourth-order valence-corrected chi connectivity index (χ4v) is 2.02. The van der Waals surface area contributed by atoms with Gasteiger partial charge in [0.1, 0.15) is 0 Å². The topological polar surface area (TPSA) is 86.7 Å². The first kappa shape index (κ1) is 17.7. The Morgan fingerprint density at radius 1 is 1.23 bits per heavy atom. The van der Waals surface area contributed by atoms with Crippen LogP contribution in [0.15, 0.2) is 24.3 Å². The van der Waals surface area contributed by atoms with Crippen LogP contribution in [0.3, 0.4) is 0 Å². The molecule has 6 nitrogen and oxygen atoms in total. The number of nitrogens with zero attached hydrogens (tertiary/aromatic N) is 1. The summed E-state index contributed by atoms with van der Waals surface area (Å²) >= 11 is 0. The maximum atomic E-state index is 12.3. The Hall–Kier alpha value is -2.37. The number of carbonyl (C=O) groups is 3. The van der Waals surface area contributed by atoms with Crippen LogP contribution in [0.5, 0.6) is 0 Å². The van der Waals surface area contributed by atoms with E-state index in [0.717, 1.165) is 12.8 Å². The fourth-order valence-electron chi connectivity index (χ4n) is 2.02. The average Bonchev–Trinajstić information content (AvgIpc) is 2.44. The van der Waals surface area contributed by atoms with Crippen LogP contribution in [0.1, 0.15) is 39.5 Å². The van der Waals surface area contributed by atoms with Crippen LogP contribution in [0.25, 0.3) is 0 Å². The van der Waals surface area contributed by atoms with E-state index in [0.29, 0.717) is 17.8 Å². The zero-order valence-corrected chi connectivity index (χ0v) is 13.0. The normalized spacial score (nSPS) is 10.1. The van der Waals surface area contributed by atoms with Gasteiger partial charge >= 0.3 is 5.97 Å². The van der Waals surface area contributed by atoms with Gasteiger partial charge in [-0.1, -0.05) is 19.4 Å². The molecule has 1 rings (SSSR count). The molecule has 120 valence electrons. The van der Waals surface area contributed by atoms with Gasteiger partial charge in [-0.05, 0) is 24.6 Å². The lowest BCUT2D eigenvalue weighted by atomic mass is 10.2. The fraction of sp³-hybridized carbons (Fsp3) is 0.438. The van der Waals surface area contributed by atoms with Crippen LogP contribution in [0, 0.1) is 0 Å². The van der Waals surface area contributed by atoms with Crippen molar-refractivity contribution in [3.05, 3.63) is 24.3 Å². The molecule has 0 radical (unpaired) electrons. The summed E-state index contributed by atoms with van der Waals surface area (Å²) in [5, 5.41) is 11.5. The van der Waals surface area contributed by atoms with Gasteiger partial charge in [0, 0.05) is 31.3 Å². The van der Waals surface area contributed by atoms with Crippen molar-refractivity contribution in [1.82, 2.24) is 0 Å². The smallest absolute Gasteiger partial charge is 0.305 e. The number of aliphatic carboxylic acids is 1. The van der Waals surface area contributed by atoms with E-state index in [1.807, 2.05) is 6.92 Å². The number of nitrogens with one attached hydrogen (secondary N) is 1. The molecule has 22 heavy (non-hydrogen) atoms. The molecule has 0 saturated carbocycles. The molecule has 6 heteroatoms. The van der Waals surface area contributed by atoms with Crippen molar-refractivity contribution in [2.75, 3.05) is 16.8 Å². The SMILES string of the molecule is CCCCC(=O)N(CCC(=O)O)c1cccc(NC(C)=O)c1. The minimum absolute atomic E-state index is 0.108. The second-order valence-corrected chi connectivity index (χ2v) is 5.02. The first-order chi connectivity index (χ1) is 10.4. The molecule has 0 heterocycles. The van der Waals surface area contributed by atoms with Crippen molar-refractivity contribution in [3.63, 3.8) is 0 Å². The number of carboxylic acid groups (broad SMARTS) is 1. The number of carboxylic acids is 1. The average molecular weight is 306 g/mol. The van der Waals surface area contributed by atoms with Gasteiger partial charge in [-0.15, -0.1) is 0 Å². The Balaban J connectivity index is 2.95. The van der Waals surface area contributed by atoms with Crippen LogP contribution in [-0.2, 0) is 14.4 Å². The summed E-state index contributed by atoms with van der Waals surface area (Å²) in [6.45, 7) is 3.51. The Labute approximate surface area is 130 Å². The van der Waals surface area contributed by atoms with E-state index in [1.165, 1.54) is 11.8 Å². The number of hydrogen-bond acceptors (Lipinski definition) is 3. The molecule has 0 aliphatic carbocycles. The van der Waals surface area contributed by atoms with Gasteiger partial charge in [-0.3, -0.25) is 14.4 Å². The third kappa shape index (κ3) is 5.95.